The van der Waals surface area contributed by atoms with Gasteiger partial charge in [-0.3, -0.25) is 0 Å². The Kier molecular flexibility index (Phi) is 1.30. The van der Waals surface area contributed by atoms with Gasteiger partial charge in [-0.15, -0.1) is 11.6 Å². The van der Waals surface area contributed by atoms with Gasteiger partial charge < -0.3 is 0 Å². The zero-order valence-electron chi connectivity index (χ0n) is 5.39. The first-order valence-corrected chi connectivity index (χ1v) is 4.14. The van der Waals surface area contributed by atoms with Crippen LogP contribution < -0.4 is 0 Å². The number of hydrogen-bond acceptors (Lipinski definition) is 0. The second kappa shape index (κ2) is 2.02. The van der Waals surface area contributed by atoms with Crippen molar-refractivity contribution in [1.29, 1.82) is 0 Å². The summed E-state index contributed by atoms with van der Waals surface area (Å²) in [6.45, 7) is 0. The summed E-state index contributed by atoms with van der Waals surface area (Å²) in [4.78, 5) is 0. The molecule has 9 heavy (non-hydrogen) atoms. The Hall–Kier alpha value is 0.0300. The molecule has 1 heteroatoms. The molecule has 0 aromatic heterocycles. The van der Waals surface area contributed by atoms with Crippen LogP contribution in [0.1, 0.15) is 19.3 Å². The molecule has 1 saturated carbocycles. The first kappa shape index (κ1) is 5.79. The molecule has 0 bridgehead atoms. The third-order valence-corrected chi connectivity index (χ3v) is 3.01. The van der Waals surface area contributed by atoms with Crippen molar-refractivity contribution in [3.8, 4) is 0 Å². The minimum atomic E-state index is 0.488. The number of fused-ring (bicyclic) bond motifs is 1. The molecule has 0 radical (unpaired) electrons. The van der Waals surface area contributed by atoms with Crippen LogP contribution in [0.5, 0.6) is 0 Å². The molecule has 0 unspecified atom stereocenters. The number of rotatable bonds is 0. The highest BCUT2D eigenvalue weighted by molar-refractivity contribution is 6.23. The summed E-state index contributed by atoms with van der Waals surface area (Å²) in [7, 11) is 0. The van der Waals surface area contributed by atoms with E-state index in [4.69, 9.17) is 11.6 Å². The molecule has 0 amide bonds. The predicted octanol–water partition coefficient (Wildman–Crippen LogP) is 2.58. The van der Waals surface area contributed by atoms with E-state index in [0.29, 0.717) is 5.38 Å². The van der Waals surface area contributed by atoms with Gasteiger partial charge in [0.05, 0.1) is 0 Å². The highest BCUT2D eigenvalue weighted by Gasteiger charge is 2.46. The van der Waals surface area contributed by atoms with E-state index in [1.54, 1.807) is 0 Å². The molecule has 2 rings (SSSR count). The van der Waals surface area contributed by atoms with E-state index in [1.165, 1.54) is 19.3 Å². The largest absolute Gasteiger partial charge is 0.122 e. The Labute approximate surface area is 60.9 Å². The van der Waals surface area contributed by atoms with E-state index in [-0.39, 0.29) is 0 Å². The monoisotopic (exact) mass is 142 g/mol. The normalized spacial score (nSPS) is 47.9. The summed E-state index contributed by atoms with van der Waals surface area (Å²) in [5.41, 5.74) is 0. The average molecular weight is 143 g/mol. The predicted molar refractivity (Wildman–Crippen MR) is 39.6 cm³/mol. The molecule has 0 aliphatic heterocycles. The van der Waals surface area contributed by atoms with Crippen molar-refractivity contribution in [2.75, 3.05) is 0 Å². The van der Waals surface area contributed by atoms with Gasteiger partial charge in [-0.1, -0.05) is 12.2 Å². The van der Waals surface area contributed by atoms with E-state index in [2.05, 4.69) is 12.2 Å². The van der Waals surface area contributed by atoms with Gasteiger partial charge in [0.2, 0.25) is 0 Å². The lowest BCUT2D eigenvalue weighted by Gasteiger charge is -1.90. The molecule has 0 spiro atoms. The first-order chi connectivity index (χ1) is 4.39. The van der Waals surface area contributed by atoms with Gasteiger partial charge in [0.25, 0.3) is 0 Å². The quantitative estimate of drug-likeness (QED) is 0.360. The van der Waals surface area contributed by atoms with Crippen molar-refractivity contribution in [3.63, 3.8) is 0 Å². The fraction of sp³-hybridized carbons (Fsp3) is 0.750. The topological polar surface area (TPSA) is 0 Å². The lowest BCUT2D eigenvalue weighted by molar-refractivity contribution is 0.668. The smallest absolute Gasteiger partial charge is 0.0436 e. The Morgan fingerprint density at radius 2 is 2.33 bits per heavy atom. The van der Waals surface area contributed by atoms with Gasteiger partial charge in [-0.2, -0.15) is 0 Å². The molecule has 0 aromatic rings. The lowest BCUT2D eigenvalue weighted by Crippen LogP contribution is -1.78. The average Bonchev–Trinajstić information content (AvgIpc) is 2.51. The molecule has 2 aliphatic carbocycles. The van der Waals surface area contributed by atoms with Crippen LogP contribution in [0, 0.1) is 11.8 Å². The molecule has 0 saturated heterocycles. The van der Waals surface area contributed by atoms with Gasteiger partial charge in [-0.05, 0) is 31.1 Å². The van der Waals surface area contributed by atoms with Crippen molar-refractivity contribution >= 4 is 11.6 Å². The molecule has 0 nitrogen and oxygen atoms in total. The first-order valence-electron chi connectivity index (χ1n) is 3.70. The van der Waals surface area contributed by atoms with E-state index in [1.807, 2.05) is 0 Å². The van der Waals surface area contributed by atoms with E-state index < -0.39 is 0 Å². The minimum absolute atomic E-state index is 0.488. The summed E-state index contributed by atoms with van der Waals surface area (Å²) in [6.07, 6.45) is 8.56. The van der Waals surface area contributed by atoms with Crippen molar-refractivity contribution in [3.05, 3.63) is 12.2 Å². The van der Waals surface area contributed by atoms with E-state index in [0.717, 1.165) is 11.8 Å². The van der Waals surface area contributed by atoms with Crippen LogP contribution in [0.25, 0.3) is 0 Å². The van der Waals surface area contributed by atoms with Crippen LogP contribution in [0.3, 0.4) is 0 Å². The third-order valence-electron chi connectivity index (χ3n) is 2.40. The minimum Gasteiger partial charge on any atom is -0.122 e. The fourth-order valence-electron chi connectivity index (χ4n) is 1.68. The molecular formula is C8H11Cl. The summed E-state index contributed by atoms with van der Waals surface area (Å²) in [5.74, 6) is 1.58. The Morgan fingerprint density at radius 3 is 3.22 bits per heavy atom. The molecule has 50 valence electrons. The molecule has 0 heterocycles. The molecule has 3 atom stereocenters. The van der Waals surface area contributed by atoms with Crippen molar-refractivity contribution in [1.82, 2.24) is 0 Å². The Balaban J connectivity index is 2.05. The second-order valence-corrected chi connectivity index (χ2v) is 3.55. The maximum Gasteiger partial charge on any atom is 0.0436 e. The van der Waals surface area contributed by atoms with Crippen LogP contribution >= 0.6 is 11.6 Å². The molecule has 0 aromatic carbocycles. The van der Waals surface area contributed by atoms with Crippen molar-refractivity contribution in [2.45, 2.75) is 24.6 Å². The van der Waals surface area contributed by atoms with Crippen LogP contribution in [0.15, 0.2) is 12.2 Å². The fourth-order valence-corrected chi connectivity index (χ4v) is 2.16. The van der Waals surface area contributed by atoms with Crippen LogP contribution in [-0.2, 0) is 0 Å². The summed E-state index contributed by atoms with van der Waals surface area (Å²) in [5, 5.41) is 0.488. The third kappa shape index (κ3) is 0.898. The van der Waals surface area contributed by atoms with Crippen LogP contribution in [-0.4, -0.2) is 5.38 Å². The van der Waals surface area contributed by atoms with Gasteiger partial charge in [0.1, 0.15) is 0 Å². The van der Waals surface area contributed by atoms with Crippen LogP contribution in [0.2, 0.25) is 0 Å². The Morgan fingerprint density at radius 1 is 1.44 bits per heavy atom. The molecule has 1 fully saturated rings. The highest BCUT2D eigenvalue weighted by atomic mass is 35.5. The van der Waals surface area contributed by atoms with Crippen molar-refractivity contribution < 1.29 is 0 Å². The number of alkyl halides is 1. The SMILES string of the molecule is Cl[C@@H]1[C@@H]2C=CCCC[C@H]12. The number of allylic oxidation sites excluding steroid dienone is 2. The summed E-state index contributed by atoms with van der Waals surface area (Å²) in [6, 6.07) is 0. The Bertz CT molecular complexity index is 140. The van der Waals surface area contributed by atoms with Crippen LogP contribution in [0.4, 0.5) is 0 Å². The maximum absolute atomic E-state index is 5.98. The van der Waals surface area contributed by atoms with Gasteiger partial charge in [-0.25, -0.2) is 0 Å². The zero-order chi connectivity index (χ0) is 6.27. The molecular weight excluding hydrogens is 132 g/mol. The number of halogens is 1. The zero-order valence-corrected chi connectivity index (χ0v) is 6.14. The number of hydrogen-bond donors (Lipinski definition) is 0. The highest BCUT2D eigenvalue weighted by Crippen LogP contribution is 2.49. The van der Waals surface area contributed by atoms with E-state index in [9.17, 15) is 0 Å². The molecule has 2 aliphatic rings. The van der Waals surface area contributed by atoms with Crippen molar-refractivity contribution in [2.24, 2.45) is 11.8 Å². The van der Waals surface area contributed by atoms with Gasteiger partial charge in [0.15, 0.2) is 0 Å². The molecule has 0 N–H and O–H groups in total. The van der Waals surface area contributed by atoms with E-state index >= 15 is 0 Å². The summed E-state index contributed by atoms with van der Waals surface area (Å²) < 4.78 is 0. The van der Waals surface area contributed by atoms with Gasteiger partial charge >= 0.3 is 0 Å². The summed E-state index contributed by atoms with van der Waals surface area (Å²) >= 11 is 5.98. The lowest BCUT2D eigenvalue weighted by atomic mass is 10.2. The standard InChI is InChI=1S/C8H11Cl/c9-8-6-4-2-1-3-5-7(6)8/h2,4,6-8H,1,3,5H2/t6-,7+,8-/m1/s1. The maximum atomic E-state index is 5.98. The van der Waals surface area contributed by atoms with Gasteiger partial charge in [0, 0.05) is 5.38 Å². The second-order valence-electron chi connectivity index (χ2n) is 3.04.